The molecule has 2 aromatic heterocycles. The standard InChI is InChI=1S/C14H17N5OS/c20-12-5-2-6-15-19(12)9-10-7-18(8-10)14-16-13(17-21-14)11-3-1-4-11/h2,5-6,10-11H,1,3-4,7-9H2. The average Bonchev–Trinajstić information content (AvgIpc) is 2.82. The zero-order valence-electron chi connectivity index (χ0n) is 11.7. The molecule has 0 aromatic carbocycles. The first kappa shape index (κ1) is 12.9. The molecule has 3 heterocycles. The third-order valence-corrected chi connectivity index (χ3v) is 5.14. The van der Waals surface area contributed by atoms with Gasteiger partial charge in [0.05, 0.1) is 6.54 Å². The van der Waals surface area contributed by atoms with Crippen molar-refractivity contribution in [3.8, 4) is 0 Å². The van der Waals surface area contributed by atoms with E-state index in [4.69, 9.17) is 0 Å². The molecule has 0 N–H and O–H groups in total. The maximum Gasteiger partial charge on any atom is 0.266 e. The predicted octanol–water partition coefficient (Wildman–Crippen LogP) is 1.50. The summed E-state index contributed by atoms with van der Waals surface area (Å²) in [5.41, 5.74) is -0.0286. The summed E-state index contributed by atoms with van der Waals surface area (Å²) in [6, 6.07) is 3.23. The third-order valence-electron chi connectivity index (χ3n) is 4.35. The largest absolute Gasteiger partial charge is 0.346 e. The quantitative estimate of drug-likeness (QED) is 0.856. The van der Waals surface area contributed by atoms with Crippen LogP contribution in [0.3, 0.4) is 0 Å². The van der Waals surface area contributed by atoms with Crippen LogP contribution >= 0.6 is 11.5 Å². The Morgan fingerprint density at radius 2 is 2.19 bits per heavy atom. The van der Waals surface area contributed by atoms with Crippen LogP contribution in [0.2, 0.25) is 0 Å². The summed E-state index contributed by atoms with van der Waals surface area (Å²) in [4.78, 5) is 18.5. The first-order chi connectivity index (χ1) is 10.3. The van der Waals surface area contributed by atoms with Crippen LogP contribution in [-0.2, 0) is 6.54 Å². The number of hydrogen-bond acceptors (Lipinski definition) is 6. The third kappa shape index (κ3) is 2.46. The molecule has 0 spiro atoms. The summed E-state index contributed by atoms with van der Waals surface area (Å²) in [5.74, 6) is 2.10. The lowest BCUT2D eigenvalue weighted by molar-refractivity contribution is 0.334. The predicted molar refractivity (Wildman–Crippen MR) is 80.7 cm³/mol. The van der Waals surface area contributed by atoms with Crippen molar-refractivity contribution in [2.24, 2.45) is 5.92 Å². The van der Waals surface area contributed by atoms with Crippen molar-refractivity contribution >= 4 is 16.7 Å². The first-order valence-corrected chi connectivity index (χ1v) is 8.17. The molecule has 1 aliphatic heterocycles. The van der Waals surface area contributed by atoms with E-state index in [1.54, 1.807) is 23.0 Å². The van der Waals surface area contributed by atoms with Crippen LogP contribution in [0.1, 0.15) is 31.0 Å². The van der Waals surface area contributed by atoms with Crippen LogP contribution in [-0.4, -0.2) is 32.2 Å². The lowest BCUT2D eigenvalue weighted by Crippen LogP contribution is -2.49. The van der Waals surface area contributed by atoms with Crippen molar-refractivity contribution in [3.05, 3.63) is 34.5 Å². The zero-order valence-corrected chi connectivity index (χ0v) is 12.5. The van der Waals surface area contributed by atoms with E-state index in [2.05, 4.69) is 19.4 Å². The van der Waals surface area contributed by atoms with Crippen molar-refractivity contribution in [2.45, 2.75) is 31.7 Å². The van der Waals surface area contributed by atoms with Crippen LogP contribution in [0.4, 0.5) is 5.13 Å². The van der Waals surface area contributed by atoms with Crippen LogP contribution in [0.15, 0.2) is 23.1 Å². The summed E-state index contributed by atoms with van der Waals surface area (Å²) in [5, 5.41) is 5.13. The van der Waals surface area contributed by atoms with Gasteiger partial charge in [0.15, 0.2) is 0 Å². The van der Waals surface area contributed by atoms with Gasteiger partial charge in [-0.1, -0.05) is 6.42 Å². The van der Waals surface area contributed by atoms with Gasteiger partial charge in [0.1, 0.15) is 5.82 Å². The minimum Gasteiger partial charge on any atom is -0.346 e. The maximum atomic E-state index is 11.6. The molecule has 0 bridgehead atoms. The molecule has 6 nitrogen and oxygen atoms in total. The molecular formula is C14H17N5OS. The van der Waals surface area contributed by atoms with Gasteiger partial charge in [-0.2, -0.15) is 9.47 Å². The van der Waals surface area contributed by atoms with Gasteiger partial charge in [-0.15, -0.1) is 0 Å². The van der Waals surface area contributed by atoms with Crippen molar-refractivity contribution in [2.75, 3.05) is 18.0 Å². The Balaban J connectivity index is 1.35. The van der Waals surface area contributed by atoms with Crippen molar-refractivity contribution in [1.29, 1.82) is 0 Å². The minimum absolute atomic E-state index is 0.0286. The summed E-state index contributed by atoms with van der Waals surface area (Å²) in [6.07, 6.45) is 5.44. The Bertz CT molecular complexity index is 686. The van der Waals surface area contributed by atoms with Crippen LogP contribution < -0.4 is 10.5 Å². The van der Waals surface area contributed by atoms with E-state index < -0.39 is 0 Å². The number of aromatic nitrogens is 4. The summed E-state index contributed by atoms with van der Waals surface area (Å²) >= 11 is 1.50. The molecule has 2 aliphatic rings. The highest BCUT2D eigenvalue weighted by Gasteiger charge is 2.31. The molecule has 1 saturated heterocycles. The molecular weight excluding hydrogens is 286 g/mol. The Hall–Kier alpha value is -1.76. The molecule has 21 heavy (non-hydrogen) atoms. The van der Waals surface area contributed by atoms with Gasteiger partial charge in [0.2, 0.25) is 5.13 Å². The van der Waals surface area contributed by atoms with Crippen molar-refractivity contribution in [1.82, 2.24) is 19.1 Å². The fraction of sp³-hybridized carbons (Fsp3) is 0.571. The molecule has 1 saturated carbocycles. The fourth-order valence-corrected chi connectivity index (χ4v) is 3.56. The lowest BCUT2D eigenvalue weighted by Gasteiger charge is -2.38. The molecule has 0 unspecified atom stereocenters. The molecule has 0 atom stereocenters. The number of rotatable bonds is 4. The molecule has 2 aromatic rings. The lowest BCUT2D eigenvalue weighted by atomic mass is 9.85. The second-order valence-corrected chi connectivity index (χ2v) is 6.61. The van der Waals surface area contributed by atoms with Gasteiger partial charge in [0.25, 0.3) is 5.56 Å². The van der Waals surface area contributed by atoms with E-state index >= 15 is 0 Å². The minimum atomic E-state index is -0.0286. The number of nitrogens with zero attached hydrogens (tertiary/aromatic N) is 5. The van der Waals surface area contributed by atoms with Crippen molar-refractivity contribution < 1.29 is 0 Å². The Labute approximate surface area is 126 Å². The van der Waals surface area contributed by atoms with E-state index in [1.807, 2.05) is 0 Å². The Morgan fingerprint density at radius 1 is 1.33 bits per heavy atom. The van der Waals surface area contributed by atoms with Gasteiger partial charge in [-0.3, -0.25) is 4.79 Å². The molecule has 0 radical (unpaired) electrons. The van der Waals surface area contributed by atoms with E-state index in [1.165, 1.54) is 30.8 Å². The maximum absolute atomic E-state index is 11.6. The zero-order chi connectivity index (χ0) is 14.2. The van der Waals surface area contributed by atoms with E-state index in [0.29, 0.717) is 18.4 Å². The van der Waals surface area contributed by atoms with E-state index in [9.17, 15) is 4.79 Å². The SMILES string of the molecule is O=c1cccnn1CC1CN(c2nc(C3CCC3)ns2)C1. The number of hydrogen-bond donors (Lipinski definition) is 0. The van der Waals surface area contributed by atoms with Gasteiger partial charge in [0, 0.05) is 48.7 Å². The first-order valence-electron chi connectivity index (χ1n) is 7.40. The second kappa shape index (κ2) is 5.22. The smallest absolute Gasteiger partial charge is 0.266 e. The summed E-state index contributed by atoms with van der Waals surface area (Å²) in [6.45, 7) is 2.55. The molecule has 0 amide bonds. The molecule has 2 fully saturated rings. The van der Waals surface area contributed by atoms with Crippen molar-refractivity contribution in [3.63, 3.8) is 0 Å². The Morgan fingerprint density at radius 3 is 2.90 bits per heavy atom. The second-order valence-electron chi connectivity index (χ2n) is 5.88. The van der Waals surface area contributed by atoms with Gasteiger partial charge in [-0.25, -0.2) is 9.67 Å². The Kier molecular flexibility index (Phi) is 3.21. The average molecular weight is 303 g/mol. The van der Waals surface area contributed by atoms with E-state index in [0.717, 1.165) is 24.0 Å². The molecule has 4 rings (SSSR count). The summed E-state index contributed by atoms with van der Waals surface area (Å²) < 4.78 is 6.03. The van der Waals surface area contributed by atoms with Crippen LogP contribution in [0.25, 0.3) is 0 Å². The van der Waals surface area contributed by atoms with Crippen LogP contribution in [0.5, 0.6) is 0 Å². The topological polar surface area (TPSA) is 63.9 Å². The summed E-state index contributed by atoms with van der Waals surface area (Å²) in [7, 11) is 0. The highest BCUT2D eigenvalue weighted by Crippen LogP contribution is 2.37. The highest BCUT2D eigenvalue weighted by molar-refractivity contribution is 7.09. The van der Waals surface area contributed by atoms with Gasteiger partial charge < -0.3 is 4.90 Å². The van der Waals surface area contributed by atoms with Gasteiger partial charge in [-0.05, 0) is 18.9 Å². The molecule has 110 valence electrons. The normalized spacial score (nSPS) is 19.3. The fourth-order valence-electron chi connectivity index (χ4n) is 2.80. The molecule has 7 heteroatoms. The van der Waals surface area contributed by atoms with Crippen LogP contribution in [0, 0.1) is 5.92 Å². The van der Waals surface area contributed by atoms with E-state index in [-0.39, 0.29) is 5.56 Å². The van der Waals surface area contributed by atoms with Gasteiger partial charge >= 0.3 is 0 Å². The number of anilines is 1. The monoisotopic (exact) mass is 303 g/mol. The highest BCUT2D eigenvalue weighted by atomic mass is 32.1. The molecule has 1 aliphatic carbocycles.